The zero-order valence-corrected chi connectivity index (χ0v) is 9.40. The van der Waals surface area contributed by atoms with Crippen molar-refractivity contribution in [2.75, 3.05) is 5.32 Å². The Bertz CT molecular complexity index is 320. The van der Waals surface area contributed by atoms with Crippen molar-refractivity contribution in [3.63, 3.8) is 0 Å². The minimum Gasteiger partial charge on any atom is -0.292 e. The van der Waals surface area contributed by atoms with E-state index < -0.39 is 0 Å². The van der Waals surface area contributed by atoms with Gasteiger partial charge in [-0.15, -0.1) is 5.10 Å². The van der Waals surface area contributed by atoms with Gasteiger partial charge in [0.05, 0.1) is 6.54 Å². The second-order valence-electron chi connectivity index (χ2n) is 3.71. The van der Waals surface area contributed by atoms with Crippen LogP contribution in [0.4, 0.5) is 5.95 Å². The molecular weight excluding hydrogens is 194 g/mol. The summed E-state index contributed by atoms with van der Waals surface area (Å²) < 4.78 is 0. The van der Waals surface area contributed by atoms with Crippen LogP contribution >= 0.6 is 0 Å². The third-order valence-electron chi connectivity index (χ3n) is 1.92. The number of aryl methyl sites for hydroxylation is 1. The van der Waals surface area contributed by atoms with Gasteiger partial charge < -0.3 is 0 Å². The maximum Gasteiger partial charge on any atom is 0.270 e. The van der Waals surface area contributed by atoms with Crippen LogP contribution in [0.5, 0.6) is 0 Å². The lowest BCUT2D eigenvalue weighted by Crippen LogP contribution is -2.18. The molecule has 0 aliphatic carbocycles. The quantitative estimate of drug-likeness (QED) is 0.790. The summed E-state index contributed by atoms with van der Waals surface area (Å²) in [5.74, 6) is 0.113. The highest BCUT2D eigenvalue weighted by molar-refractivity contribution is 5.90. The maximum atomic E-state index is 11.3. The summed E-state index contributed by atoms with van der Waals surface area (Å²) in [6.07, 6.45) is 2.09. The van der Waals surface area contributed by atoms with Gasteiger partial charge in [0.15, 0.2) is 0 Å². The molecule has 6 nitrogen and oxygen atoms in total. The van der Waals surface area contributed by atoms with Gasteiger partial charge in [0, 0.05) is 5.92 Å². The molecule has 0 spiro atoms. The summed E-state index contributed by atoms with van der Waals surface area (Å²) in [4.78, 5) is 12.8. The Morgan fingerprint density at radius 1 is 1.53 bits per heavy atom. The number of hydrogen-bond acceptors (Lipinski definition) is 4. The summed E-state index contributed by atoms with van der Waals surface area (Å²) in [7, 11) is 0. The molecule has 1 rings (SSSR count). The van der Waals surface area contributed by atoms with Crippen molar-refractivity contribution in [2.45, 2.75) is 40.2 Å². The molecule has 84 valence electrons. The summed E-state index contributed by atoms with van der Waals surface area (Å²) >= 11 is 0. The molecule has 1 aromatic heterocycles. The van der Waals surface area contributed by atoms with Gasteiger partial charge in [-0.25, -0.2) is 0 Å². The van der Waals surface area contributed by atoms with Crippen molar-refractivity contribution in [1.82, 2.24) is 20.2 Å². The van der Waals surface area contributed by atoms with Gasteiger partial charge in [0.25, 0.3) is 5.95 Å². The molecule has 1 heterocycles. The van der Waals surface area contributed by atoms with E-state index in [9.17, 15) is 4.79 Å². The number of aromatic nitrogens is 4. The minimum atomic E-state index is -0.0926. The molecule has 0 saturated heterocycles. The average molecular weight is 211 g/mol. The normalized spacial score (nSPS) is 10.7. The Hall–Kier alpha value is -1.46. The molecule has 0 bridgehead atoms. The van der Waals surface area contributed by atoms with Crippen molar-refractivity contribution in [1.29, 1.82) is 0 Å². The third-order valence-corrected chi connectivity index (χ3v) is 1.92. The van der Waals surface area contributed by atoms with Crippen LogP contribution in [0, 0.1) is 5.92 Å². The van der Waals surface area contributed by atoms with Crippen LogP contribution in [0.1, 0.15) is 33.6 Å². The van der Waals surface area contributed by atoms with Crippen molar-refractivity contribution in [2.24, 2.45) is 5.92 Å². The molecule has 0 aliphatic heterocycles. The fourth-order valence-corrected chi connectivity index (χ4v) is 0.942. The second kappa shape index (κ2) is 5.43. The average Bonchev–Trinajstić information content (AvgIpc) is 2.62. The predicted molar refractivity (Wildman–Crippen MR) is 56.2 cm³/mol. The van der Waals surface area contributed by atoms with Crippen LogP contribution in [0.25, 0.3) is 0 Å². The van der Waals surface area contributed by atoms with Crippen LogP contribution in [0.2, 0.25) is 0 Å². The van der Waals surface area contributed by atoms with Gasteiger partial charge in [0.1, 0.15) is 0 Å². The zero-order chi connectivity index (χ0) is 11.3. The predicted octanol–water partition coefficient (Wildman–Crippen LogP) is 1.07. The Labute approximate surface area is 89.0 Å². The van der Waals surface area contributed by atoms with Crippen LogP contribution in [0.15, 0.2) is 0 Å². The molecule has 0 atom stereocenters. The van der Waals surface area contributed by atoms with Gasteiger partial charge in [-0.3, -0.25) is 10.1 Å². The van der Waals surface area contributed by atoms with Crippen molar-refractivity contribution >= 4 is 11.9 Å². The number of unbranched alkanes of at least 4 members (excludes halogenated alkanes) is 1. The van der Waals surface area contributed by atoms with E-state index in [0.717, 1.165) is 19.4 Å². The van der Waals surface area contributed by atoms with Crippen molar-refractivity contribution in [3.05, 3.63) is 0 Å². The number of carbonyl (C=O) groups excluding carboxylic acids is 1. The van der Waals surface area contributed by atoms with E-state index in [-0.39, 0.29) is 17.8 Å². The molecule has 0 radical (unpaired) electrons. The highest BCUT2D eigenvalue weighted by atomic mass is 16.2. The lowest BCUT2D eigenvalue weighted by atomic mass is 10.2. The zero-order valence-electron chi connectivity index (χ0n) is 9.40. The van der Waals surface area contributed by atoms with Crippen LogP contribution in [0.3, 0.4) is 0 Å². The molecule has 1 N–H and O–H groups in total. The first-order valence-electron chi connectivity index (χ1n) is 5.22. The Morgan fingerprint density at radius 2 is 2.27 bits per heavy atom. The Kier molecular flexibility index (Phi) is 4.20. The smallest absolute Gasteiger partial charge is 0.270 e. The van der Waals surface area contributed by atoms with Crippen LogP contribution < -0.4 is 5.32 Å². The standard InChI is InChI=1S/C9H17N5O/c1-4-5-6-14-12-9(11-13-14)10-8(15)7(2)3/h7H,4-6H2,1-3H3,(H,10,12,15). The van der Waals surface area contributed by atoms with E-state index >= 15 is 0 Å². The van der Waals surface area contributed by atoms with Gasteiger partial charge in [-0.2, -0.15) is 4.80 Å². The van der Waals surface area contributed by atoms with Crippen molar-refractivity contribution < 1.29 is 4.79 Å². The summed E-state index contributed by atoms with van der Waals surface area (Å²) in [5.41, 5.74) is 0. The molecular formula is C9H17N5O. The number of anilines is 1. The molecule has 1 aromatic rings. The van der Waals surface area contributed by atoms with Crippen molar-refractivity contribution in [3.8, 4) is 0 Å². The van der Waals surface area contributed by atoms with E-state index in [1.165, 1.54) is 4.80 Å². The number of nitrogens with one attached hydrogen (secondary N) is 1. The first-order valence-corrected chi connectivity index (χ1v) is 5.22. The number of rotatable bonds is 5. The molecule has 0 fully saturated rings. The second-order valence-corrected chi connectivity index (χ2v) is 3.71. The number of hydrogen-bond donors (Lipinski definition) is 1. The summed E-state index contributed by atoms with van der Waals surface area (Å²) in [5, 5.41) is 14.2. The van der Waals surface area contributed by atoms with Crippen LogP contribution in [-0.2, 0) is 11.3 Å². The maximum absolute atomic E-state index is 11.3. The Balaban J connectivity index is 2.49. The molecule has 0 unspecified atom stereocenters. The molecule has 0 aliphatic rings. The van der Waals surface area contributed by atoms with E-state index in [4.69, 9.17) is 0 Å². The fourth-order valence-electron chi connectivity index (χ4n) is 0.942. The number of tetrazole rings is 1. The van der Waals surface area contributed by atoms with E-state index in [1.807, 2.05) is 13.8 Å². The van der Waals surface area contributed by atoms with Gasteiger partial charge in [-0.05, 0) is 11.6 Å². The molecule has 1 amide bonds. The first-order chi connectivity index (χ1) is 7.13. The molecule has 0 saturated carbocycles. The highest BCUT2D eigenvalue weighted by Crippen LogP contribution is 2.00. The number of amides is 1. The number of carbonyl (C=O) groups is 1. The van der Waals surface area contributed by atoms with E-state index in [1.54, 1.807) is 0 Å². The third kappa shape index (κ3) is 3.65. The minimum absolute atomic E-state index is 0.0763. The molecule has 0 aromatic carbocycles. The van der Waals surface area contributed by atoms with E-state index in [0.29, 0.717) is 0 Å². The highest BCUT2D eigenvalue weighted by Gasteiger charge is 2.10. The van der Waals surface area contributed by atoms with Gasteiger partial charge in [-0.1, -0.05) is 32.3 Å². The number of nitrogens with zero attached hydrogens (tertiary/aromatic N) is 4. The SMILES string of the molecule is CCCCn1nnc(NC(=O)C(C)C)n1. The lowest BCUT2D eigenvalue weighted by Gasteiger charge is -2.01. The van der Waals surface area contributed by atoms with E-state index in [2.05, 4.69) is 27.7 Å². The topological polar surface area (TPSA) is 72.7 Å². The Morgan fingerprint density at radius 3 is 2.87 bits per heavy atom. The lowest BCUT2D eigenvalue weighted by molar-refractivity contribution is -0.118. The molecule has 6 heteroatoms. The first kappa shape index (κ1) is 11.6. The summed E-state index contributed by atoms with van der Waals surface area (Å²) in [6, 6.07) is 0. The largest absolute Gasteiger partial charge is 0.292 e. The monoisotopic (exact) mass is 211 g/mol. The summed E-state index contributed by atoms with van der Waals surface area (Å²) in [6.45, 7) is 6.47. The van der Waals surface area contributed by atoms with Crippen LogP contribution in [-0.4, -0.2) is 26.1 Å². The van der Waals surface area contributed by atoms with Gasteiger partial charge >= 0.3 is 0 Å². The fraction of sp³-hybridized carbons (Fsp3) is 0.778. The molecule has 15 heavy (non-hydrogen) atoms. The van der Waals surface area contributed by atoms with Gasteiger partial charge in [0.2, 0.25) is 5.91 Å².